The van der Waals surface area contributed by atoms with Crippen LogP contribution in [0.2, 0.25) is 0 Å². The van der Waals surface area contributed by atoms with Crippen LogP contribution in [0.5, 0.6) is 0 Å². The van der Waals surface area contributed by atoms with Crippen molar-refractivity contribution in [2.45, 2.75) is 25.9 Å². The SMILES string of the molecule is CC(Cn1c(CCCl)nc2cc(F)ccc21)N(C)C. The standard InChI is InChI=1S/C14H19ClFN3/c1-10(18(2)3)9-19-13-5-4-11(16)8-12(13)17-14(19)6-7-15/h4-5,8,10H,6-7,9H2,1-3H3. The Hall–Kier alpha value is -1.13. The van der Waals surface area contributed by atoms with E-state index in [0.717, 1.165) is 17.9 Å². The molecule has 104 valence electrons. The molecule has 0 fully saturated rings. The number of aromatic nitrogens is 2. The second-order valence-corrected chi connectivity index (χ2v) is 5.40. The fourth-order valence-corrected chi connectivity index (χ4v) is 2.23. The van der Waals surface area contributed by atoms with Gasteiger partial charge in [0.15, 0.2) is 0 Å². The summed E-state index contributed by atoms with van der Waals surface area (Å²) in [4.78, 5) is 6.65. The fraction of sp³-hybridized carbons (Fsp3) is 0.500. The Bertz CT molecular complexity index is 565. The van der Waals surface area contributed by atoms with Crippen LogP contribution in [-0.4, -0.2) is 40.5 Å². The molecule has 0 aliphatic rings. The summed E-state index contributed by atoms with van der Waals surface area (Å²) in [7, 11) is 4.09. The highest BCUT2D eigenvalue weighted by molar-refractivity contribution is 6.17. The second-order valence-electron chi connectivity index (χ2n) is 5.02. The minimum Gasteiger partial charge on any atom is -0.326 e. The van der Waals surface area contributed by atoms with Crippen LogP contribution >= 0.6 is 11.6 Å². The number of imidazole rings is 1. The molecule has 2 aromatic rings. The molecule has 0 saturated heterocycles. The molecule has 0 spiro atoms. The normalized spacial score (nSPS) is 13.4. The number of aryl methyl sites for hydroxylation is 1. The molecule has 0 amide bonds. The highest BCUT2D eigenvalue weighted by Crippen LogP contribution is 2.19. The van der Waals surface area contributed by atoms with Crippen molar-refractivity contribution in [1.29, 1.82) is 0 Å². The molecule has 3 nitrogen and oxygen atoms in total. The van der Waals surface area contributed by atoms with Crippen molar-refractivity contribution in [2.24, 2.45) is 0 Å². The zero-order valence-electron chi connectivity index (χ0n) is 11.5. The lowest BCUT2D eigenvalue weighted by molar-refractivity contribution is 0.284. The van der Waals surface area contributed by atoms with Crippen LogP contribution in [-0.2, 0) is 13.0 Å². The molecule has 2 rings (SSSR count). The van der Waals surface area contributed by atoms with Crippen molar-refractivity contribution >= 4 is 22.6 Å². The zero-order chi connectivity index (χ0) is 14.0. The van der Waals surface area contributed by atoms with Crippen molar-refractivity contribution in [3.8, 4) is 0 Å². The predicted octanol–water partition coefficient (Wildman–Crippen LogP) is 2.91. The van der Waals surface area contributed by atoms with Gasteiger partial charge in [-0.3, -0.25) is 0 Å². The Balaban J connectivity index is 2.45. The summed E-state index contributed by atoms with van der Waals surface area (Å²) in [5.74, 6) is 1.18. The van der Waals surface area contributed by atoms with E-state index >= 15 is 0 Å². The Labute approximate surface area is 118 Å². The van der Waals surface area contributed by atoms with Crippen molar-refractivity contribution < 1.29 is 4.39 Å². The maximum atomic E-state index is 13.3. The number of rotatable bonds is 5. The Morgan fingerprint density at radius 3 is 2.79 bits per heavy atom. The van der Waals surface area contributed by atoms with Gasteiger partial charge in [0, 0.05) is 31.0 Å². The minimum absolute atomic E-state index is 0.254. The molecule has 0 aliphatic heterocycles. The van der Waals surface area contributed by atoms with E-state index in [2.05, 4.69) is 21.4 Å². The summed E-state index contributed by atoms with van der Waals surface area (Å²) in [6.45, 7) is 2.97. The molecule has 0 radical (unpaired) electrons. The molecule has 1 aromatic carbocycles. The fourth-order valence-electron chi connectivity index (χ4n) is 2.06. The lowest BCUT2D eigenvalue weighted by Crippen LogP contribution is -2.29. The highest BCUT2D eigenvalue weighted by atomic mass is 35.5. The third-order valence-electron chi connectivity index (χ3n) is 3.44. The van der Waals surface area contributed by atoms with Crippen LogP contribution < -0.4 is 0 Å². The Morgan fingerprint density at radius 2 is 2.16 bits per heavy atom. The first kappa shape index (κ1) is 14.3. The number of hydrogen-bond acceptors (Lipinski definition) is 2. The van der Waals surface area contributed by atoms with E-state index in [1.807, 2.05) is 14.1 Å². The van der Waals surface area contributed by atoms with E-state index in [1.165, 1.54) is 12.1 Å². The lowest BCUT2D eigenvalue weighted by atomic mass is 10.2. The first-order chi connectivity index (χ1) is 9.02. The molecule has 0 bridgehead atoms. The van der Waals surface area contributed by atoms with Crippen LogP contribution in [0.3, 0.4) is 0 Å². The molecule has 19 heavy (non-hydrogen) atoms. The van der Waals surface area contributed by atoms with Crippen molar-refractivity contribution in [3.05, 3.63) is 29.8 Å². The van der Waals surface area contributed by atoms with Crippen LogP contribution in [0.15, 0.2) is 18.2 Å². The van der Waals surface area contributed by atoms with E-state index in [1.54, 1.807) is 6.07 Å². The van der Waals surface area contributed by atoms with Gasteiger partial charge in [0.1, 0.15) is 11.6 Å². The van der Waals surface area contributed by atoms with Gasteiger partial charge in [0.25, 0.3) is 0 Å². The zero-order valence-corrected chi connectivity index (χ0v) is 12.3. The van der Waals surface area contributed by atoms with Gasteiger partial charge in [-0.15, -0.1) is 11.6 Å². The predicted molar refractivity (Wildman–Crippen MR) is 77.3 cm³/mol. The quantitative estimate of drug-likeness (QED) is 0.787. The van der Waals surface area contributed by atoms with E-state index in [0.29, 0.717) is 23.9 Å². The first-order valence-corrected chi connectivity index (χ1v) is 6.93. The molecule has 0 N–H and O–H groups in total. The molecule has 1 unspecified atom stereocenters. The third kappa shape index (κ3) is 3.07. The van der Waals surface area contributed by atoms with Crippen LogP contribution in [0.25, 0.3) is 11.0 Å². The summed E-state index contributed by atoms with van der Waals surface area (Å²) in [6.07, 6.45) is 0.692. The van der Waals surface area contributed by atoms with E-state index < -0.39 is 0 Å². The van der Waals surface area contributed by atoms with Gasteiger partial charge in [-0.05, 0) is 33.2 Å². The van der Waals surface area contributed by atoms with Gasteiger partial charge in [0.05, 0.1) is 11.0 Å². The lowest BCUT2D eigenvalue weighted by Gasteiger charge is -2.21. The van der Waals surface area contributed by atoms with Crippen molar-refractivity contribution in [2.75, 3.05) is 20.0 Å². The van der Waals surface area contributed by atoms with E-state index in [-0.39, 0.29) is 5.82 Å². The smallest absolute Gasteiger partial charge is 0.125 e. The molecule has 0 aliphatic carbocycles. The summed E-state index contributed by atoms with van der Waals surface area (Å²) < 4.78 is 15.4. The summed E-state index contributed by atoms with van der Waals surface area (Å²) >= 11 is 5.83. The number of likely N-dealkylation sites (N-methyl/N-ethyl adjacent to an activating group) is 1. The number of hydrogen-bond donors (Lipinski definition) is 0. The summed E-state index contributed by atoms with van der Waals surface area (Å²) in [5, 5.41) is 0. The van der Waals surface area contributed by atoms with Gasteiger partial charge >= 0.3 is 0 Å². The third-order valence-corrected chi connectivity index (χ3v) is 3.62. The number of fused-ring (bicyclic) bond motifs is 1. The molecule has 1 heterocycles. The number of nitrogens with zero attached hydrogens (tertiary/aromatic N) is 3. The molecular weight excluding hydrogens is 265 g/mol. The van der Waals surface area contributed by atoms with E-state index in [4.69, 9.17) is 11.6 Å². The van der Waals surface area contributed by atoms with Gasteiger partial charge in [0.2, 0.25) is 0 Å². The van der Waals surface area contributed by atoms with Crippen LogP contribution in [0, 0.1) is 5.82 Å². The number of halogens is 2. The van der Waals surface area contributed by atoms with Crippen molar-refractivity contribution in [3.63, 3.8) is 0 Å². The first-order valence-electron chi connectivity index (χ1n) is 6.40. The van der Waals surface area contributed by atoms with Gasteiger partial charge in [-0.1, -0.05) is 0 Å². The minimum atomic E-state index is -0.254. The largest absolute Gasteiger partial charge is 0.326 e. The maximum Gasteiger partial charge on any atom is 0.125 e. The molecule has 0 saturated carbocycles. The topological polar surface area (TPSA) is 21.1 Å². The average Bonchev–Trinajstić information content (AvgIpc) is 2.67. The molecular formula is C14H19ClFN3. The highest BCUT2D eigenvalue weighted by Gasteiger charge is 2.14. The van der Waals surface area contributed by atoms with Gasteiger partial charge < -0.3 is 9.47 Å². The maximum absolute atomic E-state index is 13.3. The average molecular weight is 284 g/mol. The summed E-state index contributed by atoms with van der Waals surface area (Å²) in [5.41, 5.74) is 1.67. The Kier molecular flexibility index (Phi) is 4.42. The van der Waals surface area contributed by atoms with E-state index in [9.17, 15) is 4.39 Å². The Morgan fingerprint density at radius 1 is 1.42 bits per heavy atom. The van der Waals surface area contributed by atoms with Crippen molar-refractivity contribution in [1.82, 2.24) is 14.5 Å². The summed E-state index contributed by atoms with van der Waals surface area (Å²) in [6, 6.07) is 5.11. The number of alkyl halides is 1. The van der Waals surface area contributed by atoms with Gasteiger partial charge in [-0.25, -0.2) is 9.37 Å². The monoisotopic (exact) mass is 283 g/mol. The van der Waals surface area contributed by atoms with Gasteiger partial charge in [-0.2, -0.15) is 0 Å². The van der Waals surface area contributed by atoms with Crippen LogP contribution in [0.1, 0.15) is 12.7 Å². The second kappa shape index (κ2) is 5.88. The van der Waals surface area contributed by atoms with Crippen LogP contribution in [0.4, 0.5) is 4.39 Å². The molecule has 1 atom stereocenters. The number of benzene rings is 1. The molecule has 5 heteroatoms. The molecule has 1 aromatic heterocycles.